The van der Waals surface area contributed by atoms with E-state index in [-0.39, 0.29) is 5.91 Å². The van der Waals surface area contributed by atoms with Crippen LogP contribution in [-0.4, -0.2) is 42.1 Å². The molecular weight excluding hydrogens is 398 g/mol. The van der Waals surface area contributed by atoms with Crippen molar-refractivity contribution in [2.45, 2.75) is 20.3 Å². The Kier molecular flexibility index (Phi) is 7.60. The monoisotopic (exact) mass is 423 g/mol. The molecule has 0 bridgehead atoms. The molecule has 0 aliphatic rings. The summed E-state index contributed by atoms with van der Waals surface area (Å²) in [7, 11) is 0. The molecule has 0 saturated carbocycles. The van der Waals surface area contributed by atoms with E-state index < -0.39 is 0 Å². The number of thiophene rings is 1. The Balaban J connectivity index is 1.51. The van der Waals surface area contributed by atoms with E-state index in [1.165, 1.54) is 11.3 Å². The molecule has 1 aromatic carbocycles. The van der Waals surface area contributed by atoms with Crippen LogP contribution in [0.4, 0.5) is 11.6 Å². The molecular formula is C22H25N5O2S. The molecule has 2 N–H and O–H groups in total. The molecule has 0 saturated heterocycles. The highest BCUT2D eigenvalue weighted by Crippen LogP contribution is 2.29. The zero-order chi connectivity index (χ0) is 21.3. The number of hydrogen-bond acceptors (Lipinski definition) is 7. The summed E-state index contributed by atoms with van der Waals surface area (Å²) in [6.45, 7) is 7.98. The van der Waals surface area contributed by atoms with Gasteiger partial charge in [-0.1, -0.05) is 19.0 Å². The first kappa shape index (κ1) is 21.6. The van der Waals surface area contributed by atoms with Gasteiger partial charge in [0.2, 0.25) is 5.88 Å². The number of benzene rings is 1. The molecule has 0 atom stereocenters. The second kappa shape index (κ2) is 10.6. The molecule has 0 spiro atoms. The quantitative estimate of drug-likeness (QED) is 0.467. The summed E-state index contributed by atoms with van der Waals surface area (Å²) in [5.41, 5.74) is 2.08. The molecule has 30 heavy (non-hydrogen) atoms. The number of carbonyl (C=O) groups is 1. The fourth-order valence-electron chi connectivity index (χ4n) is 2.98. The fraction of sp³-hybridized carbons (Fsp3) is 0.318. The Morgan fingerprint density at radius 3 is 2.63 bits per heavy atom. The van der Waals surface area contributed by atoms with E-state index in [1.807, 2.05) is 18.2 Å². The highest BCUT2D eigenvalue weighted by Gasteiger charge is 2.10. The highest BCUT2D eigenvalue weighted by atomic mass is 32.1. The van der Waals surface area contributed by atoms with Crippen molar-refractivity contribution >= 4 is 28.8 Å². The number of nitrogens with one attached hydrogen (secondary N) is 2. The molecule has 0 unspecified atom stereocenters. The van der Waals surface area contributed by atoms with Gasteiger partial charge in [-0.05, 0) is 62.5 Å². The van der Waals surface area contributed by atoms with Gasteiger partial charge in [-0.2, -0.15) is 5.26 Å². The number of carbonyl (C=O) groups excluding carboxylic acids is 1. The largest absolute Gasteiger partial charge is 0.352 e. The number of rotatable bonds is 10. The normalized spacial score (nSPS) is 10.7. The second-order valence-electron chi connectivity index (χ2n) is 6.69. The first-order valence-electron chi connectivity index (χ1n) is 9.97. The number of aromatic nitrogens is 1. The van der Waals surface area contributed by atoms with Gasteiger partial charge in [0.05, 0.1) is 4.88 Å². The lowest BCUT2D eigenvalue weighted by molar-refractivity contribution is 0.0952. The molecule has 1 amide bonds. The number of amides is 1. The van der Waals surface area contributed by atoms with Crippen LogP contribution >= 0.6 is 11.3 Å². The lowest BCUT2D eigenvalue weighted by Crippen LogP contribution is -2.29. The van der Waals surface area contributed by atoms with Gasteiger partial charge in [0.1, 0.15) is 16.6 Å². The number of nitrogens with zero attached hydrogens (tertiary/aromatic N) is 3. The Morgan fingerprint density at radius 1 is 1.20 bits per heavy atom. The van der Waals surface area contributed by atoms with E-state index in [2.05, 4.69) is 40.6 Å². The van der Waals surface area contributed by atoms with Crippen molar-refractivity contribution in [2.75, 3.05) is 31.5 Å². The summed E-state index contributed by atoms with van der Waals surface area (Å²) in [5, 5.41) is 19.1. The standard InChI is InChI=1S/C22H25N5O2S/c1-3-27(4-2)13-5-12-24-22(28)16-6-8-17(9-7-16)25-21-14-19(26-29-21)20-11-10-18(15-23)30-20/h6-11,14,25H,3-5,12-13H2,1-2H3,(H,24,28). The van der Waals surface area contributed by atoms with Gasteiger partial charge in [-0.25, -0.2) is 0 Å². The Bertz CT molecular complexity index is 999. The summed E-state index contributed by atoms with van der Waals surface area (Å²) in [6, 6.07) is 14.7. The molecule has 156 valence electrons. The summed E-state index contributed by atoms with van der Waals surface area (Å²) in [4.78, 5) is 16.1. The van der Waals surface area contributed by atoms with Crippen LogP contribution in [0.1, 0.15) is 35.5 Å². The molecule has 3 rings (SSSR count). The fourth-order valence-corrected chi connectivity index (χ4v) is 3.74. The first-order valence-corrected chi connectivity index (χ1v) is 10.8. The van der Waals surface area contributed by atoms with Gasteiger partial charge in [0.15, 0.2) is 0 Å². The zero-order valence-electron chi connectivity index (χ0n) is 17.1. The minimum Gasteiger partial charge on any atom is -0.352 e. The van der Waals surface area contributed by atoms with Crippen LogP contribution in [0, 0.1) is 11.3 Å². The van der Waals surface area contributed by atoms with E-state index in [0.29, 0.717) is 28.6 Å². The van der Waals surface area contributed by atoms with Crippen LogP contribution in [0.15, 0.2) is 47.0 Å². The number of nitriles is 1. The van der Waals surface area contributed by atoms with E-state index in [0.717, 1.165) is 36.6 Å². The van der Waals surface area contributed by atoms with Crippen LogP contribution in [-0.2, 0) is 0 Å². The van der Waals surface area contributed by atoms with E-state index in [9.17, 15) is 4.79 Å². The zero-order valence-corrected chi connectivity index (χ0v) is 18.0. The Labute approximate surface area is 180 Å². The molecule has 0 aliphatic heterocycles. The third-order valence-electron chi connectivity index (χ3n) is 4.72. The minimum absolute atomic E-state index is 0.0750. The summed E-state index contributed by atoms with van der Waals surface area (Å²) in [5.74, 6) is 0.416. The summed E-state index contributed by atoms with van der Waals surface area (Å²) >= 11 is 1.36. The average molecular weight is 424 g/mol. The van der Waals surface area contributed by atoms with Gasteiger partial charge in [0, 0.05) is 23.9 Å². The molecule has 8 heteroatoms. The van der Waals surface area contributed by atoms with Crippen LogP contribution in [0.25, 0.3) is 10.6 Å². The Morgan fingerprint density at radius 2 is 1.97 bits per heavy atom. The number of hydrogen-bond donors (Lipinski definition) is 2. The van der Waals surface area contributed by atoms with Crippen LogP contribution < -0.4 is 10.6 Å². The van der Waals surface area contributed by atoms with Crippen LogP contribution in [0.2, 0.25) is 0 Å². The third kappa shape index (κ3) is 5.69. The van der Waals surface area contributed by atoms with Crippen molar-refractivity contribution in [3.05, 3.63) is 52.9 Å². The first-order chi connectivity index (χ1) is 14.6. The maximum Gasteiger partial charge on any atom is 0.251 e. The van der Waals surface area contributed by atoms with Gasteiger partial charge in [0.25, 0.3) is 5.91 Å². The van der Waals surface area contributed by atoms with Crippen molar-refractivity contribution in [1.29, 1.82) is 5.26 Å². The van der Waals surface area contributed by atoms with Crippen molar-refractivity contribution in [3.8, 4) is 16.6 Å². The predicted molar refractivity (Wildman–Crippen MR) is 119 cm³/mol. The van der Waals surface area contributed by atoms with E-state index >= 15 is 0 Å². The lowest BCUT2D eigenvalue weighted by Gasteiger charge is -2.17. The molecule has 0 fully saturated rings. The molecule has 2 aromatic heterocycles. The summed E-state index contributed by atoms with van der Waals surface area (Å²) < 4.78 is 5.33. The van der Waals surface area contributed by atoms with Crippen molar-refractivity contribution in [3.63, 3.8) is 0 Å². The third-order valence-corrected chi connectivity index (χ3v) is 5.74. The van der Waals surface area contributed by atoms with Crippen molar-refractivity contribution in [2.24, 2.45) is 0 Å². The SMILES string of the molecule is CCN(CC)CCCNC(=O)c1ccc(Nc2cc(-c3ccc(C#N)s3)no2)cc1. The van der Waals surface area contributed by atoms with Gasteiger partial charge >= 0.3 is 0 Å². The Hall–Kier alpha value is -3.15. The molecule has 3 aromatic rings. The lowest BCUT2D eigenvalue weighted by atomic mass is 10.2. The summed E-state index contributed by atoms with van der Waals surface area (Å²) in [6.07, 6.45) is 0.932. The minimum atomic E-state index is -0.0750. The van der Waals surface area contributed by atoms with Gasteiger partial charge in [-0.15, -0.1) is 11.3 Å². The van der Waals surface area contributed by atoms with Crippen LogP contribution in [0.5, 0.6) is 0 Å². The average Bonchev–Trinajstić information content (AvgIpc) is 3.43. The maximum absolute atomic E-state index is 12.3. The highest BCUT2D eigenvalue weighted by molar-refractivity contribution is 7.15. The molecule has 0 radical (unpaired) electrons. The number of anilines is 2. The van der Waals surface area contributed by atoms with Gasteiger partial charge < -0.3 is 20.1 Å². The molecule has 2 heterocycles. The molecule has 0 aliphatic carbocycles. The topological polar surface area (TPSA) is 94.2 Å². The van der Waals surface area contributed by atoms with E-state index in [4.69, 9.17) is 9.78 Å². The smallest absolute Gasteiger partial charge is 0.251 e. The maximum atomic E-state index is 12.3. The van der Waals surface area contributed by atoms with Crippen molar-refractivity contribution in [1.82, 2.24) is 15.4 Å². The molecule has 7 nitrogen and oxygen atoms in total. The predicted octanol–water partition coefficient (Wildman–Crippen LogP) is 4.48. The van der Waals surface area contributed by atoms with E-state index in [1.54, 1.807) is 24.3 Å². The second-order valence-corrected chi connectivity index (χ2v) is 7.77. The van der Waals surface area contributed by atoms with Crippen LogP contribution in [0.3, 0.4) is 0 Å². The van der Waals surface area contributed by atoms with Gasteiger partial charge in [-0.3, -0.25) is 4.79 Å². The van der Waals surface area contributed by atoms with Crippen molar-refractivity contribution < 1.29 is 9.32 Å².